The van der Waals surface area contributed by atoms with E-state index in [2.05, 4.69) is 4.98 Å². The molecule has 0 radical (unpaired) electrons. The van der Waals surface area contributed by atoms with Gasteiger partial charge >= 0.3 is 0 Å². The first-order valence-electron chi connectivity index (χ1n) is 8.39. The fourth-order valence-electron chi connectivity index (χ4n) is 3.34. The average Bonchev–Trinajstić information content (AvgIpc) is 3.19. The van der Waals surface area contributed by atoms with Crippen molar-refractivity contribution in [3.05, 3.63) is 59.5 Å². The second-order valence-electron chi connectivity index (χ2n) is 6.41. The van der Waals surface area contributed by atoms with Gasteiger partial charge in [0.25, 0.3) is 10.0 Å². The van der Waals surface area contributed by atoms with Crippen LogP contribution < -0.4 is 5.73 Å². The van der Waals surface area contributed by atoms with E-state index < -0.39 is 16.1 Å². The second kappa shape index (κ2) is 7.71. The summed E-state index contributed by atoms with van der Waals surface area (Å²) in [6.07, 6.45) is 2.01. The van der Waals surface area contributed by atoms with Crippen molar-refractivity contribution in [2.75, 3.05) is 6.54 Å². The maximum atomic E-state index is 13.3. The van der Waals surface area contributed by atoms with Gasteiger partial charge in [-0.05, 0) is 30.7 Å². The third-order valence-corrected chi connectivity index (χ3v) is 6.76. The van der Waals surface area contributed by atoms with E-state index in [1.807, 2.05) is 0 Å². The summed E-state index contributed by atoms with van der Waals surface area (Å²) in [6, 6.07) is 10.9. The van der Waals surface area contributed by atoms with Gasteiger partial charge in [-0.2, -0.15) is 0 Å². The van der Waals surface area contributed by atoms with Crippen LogP contribution in [0.5, 0.6) is 0 Å². The first-order chi connectivity index (χ1) is 12.9. The summed E-state index contributed by atoms with van der Waals surface area (Å²) >= 11 is 6.19. The van der Waals surface area contributed by atoms with Crippen molar-refractivity contribution in [2.24, 2.45) is 5.73 Å². The van der Waals surface area contributed by atoms with Gasteiger partial charge in [0.05, 0.1) is 28.7 Å². The molecule has 1 atom stereocenters. The molecular weight excluding hydrogens is 423 g/mol. The Morgan fingerprint density at radius 2 is 1.93 bits per heavy atom. The van der Waals surface area contributed by atoms with Crippen LogP contribution in [0.2, 0.25) is 5.15 Å². The number of pyridine rings is 1. The Morgan fingerprint density at radius 1 is 1.21 bits per heavy atom. The molecule has 0 unspecified atom stereocenters. The second-order valence-corrected chi connectivity index (χ2v) is 8.55. The largest absolute Gasteiger partial charge is 0.335 e. The molecule has 2 N–H and O–H groups in total. The van der Waals surface area contributed by atoms with Gasteiger partial charge in [0.2, 0.25) is 5.91 Å². The fourth-order valence-corrected chi connectivity index (χ4v) is 5.09. The van der Waals surface area contributed by atoms with Crippen molar-refractivity contribution in [3.8, 4) is 0 Å². The fraction of sp³-hybridized carbons (Fsp3) is 0.222. The van der Waals surface area contributed by atoms with Gasteiger partial charge in [-0.1, -0.05) is 29.8 Å². The number of aromatic nitrogens is 2. The number of benzene rings is 1. The number of likely N-dealkylation sites (tertiary alicyclic amines) is 1. The lowest BCUT2D eigenvalue weighted by Crippen LogP contribution is -2.34. The Kier molecular flexibility index (Phi) is 5.67. The molecule has 3 heterocycles. The lowest BCUT2D eigenvalue weighted by Gasteiger charge is -2.18. The zero-order chi connectivity index (χ0) is 19.2. The summed E-state index contributed by atoms with van der Waals surface area (Å²) in [5.41, 5.74) is 6.65. The van der Waals surface area contributed by atoms with Crippen LogP contribution in [0.4, 0.5) is 0 Å². The van der Waals surface area contributed by atoms with Crippen LogP contribution in [0.25, 0.3) is 10.9 Å². The molecule has 0 bridgehead atoms. The molecule has 7 nitrogen and oxygen atoms in total. The Balaban J connectivity index is 0.00000225. The number of halogens is 2. The highest BCUT2D eigenvalue weighted by Gasteiger charge is 2.31. The van der Waals surface area contributed by atoms with Crippen molar-refractivity contribution < 1.29 is 13.2 Å². The molecule has 1 amide bonds. The van der Waals surface area contributed by atoms with Crippen molar-refractivity contribution in [1.82, 2.24) is 13.9 Å². The molecule has 1 aromatic carbocycles. The minimum absolute atomic E-state index is 0. The number of fused-ring (bicyclic) bond motifs is 1. The molecule has 0 spiro atoms. The highest BCUT2D eigenvalue weighted by Crippen LogP contribution is 2.30. The van der Waals surface area contributed by atoms with Crippen LogP contribution in [-0.2, 0) is 21.4 Å². The van der Waals surface area contributed by atoms with E-state index in [9.17, 15) is 13.2 Å². The zero-order valence-corrected chi connectivity index (χ0v) is 17.0. The maximum Gasteiger partial charge on any atom is 0.268 e. The summed E-state index contributed by atoms with van der Waals surface area (Å²) in [5, 5.41) is 0.727. The summed E-state index contributed by atoms with van der Waals surface area (Å²) < 4.78 is 27.9. The Morgan fingerprint density at radius 3 is 2.57 bits per heavy atom. The number of carbonyl (C=O) groups excluding carboxylic acids is 1. The van der Waals surface area contributed by atoms with Crippen molar-refractivity contribution in [3.63, 3.8) is 0 Å². The molecule has 3 aromatic rings. The number of hydrogen-bond acceptors (Lipinski definition) is 5. The Hall–Kier alpha value is -2.13. The van der Waals surface area contributed by atoms with Crippen molar-refractivity contribution in [1.29, 1.82) is 0 Å². The molecular formula is C18H18Cl2N4O3S. The minimum atomic E-state index is -3.88. The smallest absolute Gasteiger partial charge is 0.268 e. The van der Waals surface area contributed by atoms with Gasteiger partial charge in [0.1, 0.15) is 5.15 Å². The van der Waals surface area contributed by atoms with Gasteiger partial charge in [0, 0.05) is 18.1 Å². The molecule has 0 aliphatic carbocycles. The van der Waals surface area contributed by atoms with Crippen LogP contribution in [0.3, 0.4) is 0 Å². The standard InChI is InChI=1S/C18H17ClN4O3S.ClH/c19-17-14-10-12(11-22-9-7-15(20)18(22)24)23(16(14)6-8-21-17)27(25,26)13-4-2-1-3-5-13;/h1-6,8,10,15H,7,9,11,20H2;1H/t15-;/m0./s1. The molecule has 2 aromatic heterocycles. The lowest BCUT2D eigenvalue weighted by molar-refractivity contribution is -0.129. The third-order valence-electron chi connectivity index (χ3n) is 4.68. The SMILES string of the molecule is Cl.N[C@H]1CCN(Cc2cc3c(Cl)nccc3n2S(=O)(=O)c2ccccc2)C1=O. The Bertz CT molecular complexity index is 1130. The number of amides is 1. The van der Waals surface area contributed by atoms with Crippen molar-refractivity contribution in [2.45, 2.75) is 23.9 Å². The lowest BCUT2D eigenvalue weighted by atomic mass is 10.3. The topological polar surface area (TPSA) is 98.3 Å². The van der Waals surface area contributed by atoms with Crippen LogP contribution in [-0.4, -0.2) is 40.8 Å². The molecule has 1 saturated heterocycles. The summed E-state index contributed by atoms with van der Waals surface area (Å²) in [5.74, 6) is -0.187. The van der Waals surface area contributed by atoms with Crippen LogP contribution in [0.15, 0.2) is 53.6 Å². The number of nitrogens with two attached hydrogens (primary N) is 1. The number of hydrogen-bond donors (Lipinski definition) is 1. The quantitative estimate of drug-likeness (QED) is 0.627. The monoisotopic (exact) mass is 440 g/mol. The van der Waals surface area contributed by atoms with Crippen LogP contribution in [0, 0.1) is 0 Å². The predicted octanol–water partition coefficient (Wildman–Crippen LogP) is 2.41. The molecule has 1 aliphatic rings. The van der Waals surface area contributed by atoms with Crippen LogP contribution >= 0.6 is 24.0 Å². The van der Waals surface area contributed by atoms with Gasteiger partial charge in [-0.25, -0.2) is 17.4 Å². The zero-order valence-electron chi connectivity index (χ0n) is 14.7. The van der Waals surface area contributed by atoms with E-state index in [4.69, 9.17) is 17.3 Å². The van der Waals surface area contributed by atoms with Crippen LogP contribution in [0.1, 0.15) is 12.1 Å². The summed E-state index contributed by atoms with van der Waals surface area (Å²) in [6.45, 7) is 0.614. The van der Waals surface area contributed by atoms with E-state index in [0.29, 0.717) is 29.6 Å². The summed E-state index contributed by atoms with van der Waals surface area (Å²) in [7, 11) is -3.88. The number of carbonyl (C=O) groups is 1. The first kappa shape index (κ1) is 20.6. The number of rotatable bonds is 4. The highest BCUT2D eigenvalue weighted by molar-refractivity contribution is 7.90. The third kappa shape index (κ3) is 3.37. The van der Waals surface area contributed by atoms with Gasteiger partial charge in [-0.3, -0.25) is 4.79 Å². The first-order valence-corrected chi connectivity index (χ1v) is 10.2. The van der Waals surface area contributed by atoms with E-state index in [1.165, 1.54) is 22.3 Å². The molecule has 1 aliphatic heterocycles. The van der Waals surface area contributed by atoms with Gasteiger partial charge < -0.3 is 10.6 Å². The van der Waals surface area contributed by atoms with E-state index in [1.54, 1.807) is 35.2 Å². The Labute approximate surface area is 173 Å². The molecule has 10 heteroatoms. The van der Waals surface area contributed by atoms with Gasteiger partial charge in [-0.15, -0.1) is 12.4 Å². The molecule has 148 valence electrons. The van der Waals surface area contributed by atoms with E-state index in [-0.39, 0.29) is 34.9 Å². The highest BCUT2D eigenvalue weighted by atomic mass is 35.5. The van der Waals surface area contributed by atoms with E-state index in [0.717, 1.165) is 0 Å². The molecule has 4 rings (SSSR count). The maximum absolute atomic E-state index is 13.3. The number of nitrogens with zero attached hydrogens (tertiary/aromatic N) is 3. The van der Waals surface area contributed by atoms with Gasteiger partial charge in [0.15, 0.2) is 0 Å². The normalized spacial score (nSPS) is 17.1. The van der Waals surface area contributed by atoms with E-state index >= 15 is 0 Å². The molecule has 0 saturated carbocycles. The summed E-state index contributed by atoms with van der Waals surface area (Å²) in [4.78, 5) is 18.0. The molecule has 1 fully saturated rings. The minimum Gasteiger partial charge on any atom is -0.335 e. The average molecular weight is 441 g/mol. The molecule has 28 heavy (non-hydrogen) atoms. The predicted molar refractivity (Wildman–Crippen MR) is 109 cm³/mol. The van der Waals surface area contributed by atoms with Crippen molar-refractivity contribution >= 4 is 50.8 Å².